The molecule has 0 aromatic carbocycles. The number of ether oxygens (including phenoxy) is 1. The third-order valence-electron chi connectivity index (χ3n) is 24.4. The summed E-state index contributed by atoms with van der Waals surface area (Å²) in [5.74, 6) is 9.86. The lowest BCUT2D eigenvalue weighted by Crippen LogP contribution is -2.40. The molecule has 0 spiro atoms. The Morgan fingerprint density at radius 3 is 1.52 bits per heavy atom. The van der Waals surface area contributed by atoms with E-state index in [1.165, 1.54) is 115 Å². The Bertz CT molecular complexity index is 2840. The second-order valence-corrected chi connectivity index (χ2v) is 27.7. The topological polar surface area (TPSA) is 22.2 Å². The molecule has 5 fully saturated rings. The lowest BCUT2D eigenvalue weighted by atomic mass is 9.64. The minimum absolute atomic E-state index is 0.309. The van der Waals surface area contributed by atoms with Crippen LogP contribution in [0.15, 0.2) is 180 Å². The van der Waals surface area contributed by atoms with Gasteiger partial charge in [-0.25, -0.2) is 0 Å². The van der Waals surface area contributed by atoms with Crippen molar-refractivity contribution >= 4 is 0 Å². The number of hydrogen-bond donors (Lipinski definition) is 0. The molecule has 0 aromatic heterocycles. The van der Waals surface area contributed by atoms with Crippen LogP contribution in [0, 0.1) is 76.9 Å². The molecule has 0 aromatic rings. The quantitative estimate of drug-likeness (QED) is 0.247. The van der Waals surface area contributed by atoms with Crippen LogP contribution >= 0.6 is 0 Å². The Hall–Kier alpha value is -4.90. The van der Waals surface area contributed by atoms with Crippen molar-refractivity contribution in [2.24, 2.45) is 76.9 Å². The predicted molar refractivity (Wildman–Crippen MR) is 311 cm³/mol. The first kappa shape index (κ1) is 47.0. The second kappa shape index (κ2) is 18.9. The molecule has 22 atom stereocenters. The van der Waals surface area contributed by atoms with Crippen LogP contribution in [0.5, 0.6) is 0 Å². The molecule has 5 heterocycles. The first-order valence-corrected chi connectivity index (χ1v) is 32.2. The van der Waals surface area contributed by atoms with E-state index in [1.807, 2.05) is 5.57 Å². The SMILES string of the molecule is C1=CCCC(N2C3CCC(C4C=CC5C(C4)C4CC(C6C=CC7C(C6)C6CCC=CC6N7C6=CC=CCC6)C=CC4N5C4=CC=C5OC6CCC(N7C8C=CCCC8C8CCC=CC87)=CC6C5C4)C=C3C3CCC=CC32)=C1. The molecule has 0 bridgehead atoms. The lowest BCUT2D eigenvalue weighted by Gasteiger charge is -2.41. The molecule has 12 aliphatic carbocycles. The fraction of sp³-hybridized carbons (Fsp3) is 0.583. The van der Waals surface area contributed by atoms with Crippen molar-refractivity contribution in [2.45, 2.75) is 183 Å². The molecule has 77 heavy (non-hydrogen) atoms. The Kier molecular flexibility index (Phi) is 11.5. The molecular formula is C72H86N4O. The lowest BCUT2D eigenvalue weighted by molar-refractivity contribution is 0.120. The van der Waals surface area contributed by atoms with Crippen LogP contribution in [-0.4, -0.2) is 74.0 Å². The molecule has 17 rings (SSSR count). The van der Waals surface area contributed by atoms with E-state index in [2.05, 4.69) is 165 Å². The van der Waals surface area contributed by atoms with Crippen molar-refractivity contribution in [3.05, 3.63) is 180 Å². The van der Waals surface area contributed by atoms with Gasteiger partial charge in [-0.15, -0.1) is 0 Å². The van der Waals surface area contributed by atoms with Crippen LogP contribution in [0.1, 0.15) is 128 Å². The molecule has 5 aliphatic heterocycles. The zero-order chi connectivity index (χ0) is 50.3. The number of rotatable bonds is 6. The van der Waals surface area contributed by atoms with Gasteiger partial charge in [0.2, 0.25) is 0 Å². The fourth-order valence-electron chi connectivity index (χ4n) is 21.3. The molecule has 0 radical (unpaired) electrons. The standard InChI is InChI=1S/C72H86N4O/c1-3-15-49(16-4-1)73-65-25-13-9-21-55(65)57-39-45(27-33-67(57)73)47-29-35-69-59(41-47)60-42-48(46-28-34-68-58(40-46)56-22-10-14-26-66(56)74(68)50-17-5-2-6-18-50)30-36-70(60)76(69)52-32-38-72-62(44-52)61-43-51(31-37-71(61)77-72)75-63-23-11-7-19-53(63)54-20-8-12-24-64(54)75/h1-3,5,11-15,17,23-27,29-30,32-33,35-36,38,40,43,45-48,53-57,59-71H,4,6-10,16,18-22,28,31,34,37,39,41-42,44H2. The highest BCUT2D eigenvalue weighted by molar-refractivity contribution is 5.39. The summed E-state index contributed by atoms with van der Waals surface area (Å²) in [6.45, 7) is 0. The number of allylic oxidation sites excluding steroid dienone is 21. The highest BCUT2D eigenvalue weighted by Gasteiger charge is 2.57. The van der Waals surface area contributed by atoms with Gasteiger partial charge in [-0.3, -0.25) is 0 Å². The van der Waals surface area contributed by atoms with E-state index in [4.69, 9.17) is 4.74 Å². The maximum atomic E-state index is 7.03. The minimum atomic E-state index is 0.309. The smallest absolute Gasteiger partial charge is 0.106 e. The number of nitrogens with zero attached hydrogens (tertiary/aromatic N) is 4. The first-order valence-electron chi connectivity index (χ1n) is 32.2. The number of hydrogen-bond acceptors (Lipinski definition) is 5. The highest BCUT2D eigenvalue weighted by atomic mass is 16.5. The van der Waals surface area contributed by atoms with Gasteiger partial charge in [0.05, 0.1) is 48.3 Å². The van der Waals surface area contributed by atoms with Gasteiger partial charge in [-0.05, 0) is 217 Å². The van der Waals surface area contributed by atoms with Crippen LogP contribution in [0.3, 0.4) is 0 Å². The molecule has 5 saturated heterocycles. The van der Waals surface area contributed by atoms with Crippen LogP contribution in [0.4, 0.5) is 0 Å². The van der Waals surface area contributed by atoms with Gasteiger partial charge < -0.3 is 24.3 Å². The third kappa shape index (κ3) is 7.48. The molecule has 400 valence electrons. The van der Waals surface area contributed by atoms with Gasteiger partial charge >= 0.3 is 0 Å². The maximum absolute atomic E-state index is 7.03. The maximum Gasteiger partial charge on any atom is 0.106 e. The van der Waals surface area contributed by atoms with Gasteiger partial charge in [0, 0.05) is 40.5 Å². The summed E-state index contributed by atoms with van der Waals surface area (Å²) >= 11 is 0. The summed E-state index contributed by atoms with van der Waals surface area (Å²) in [5, 5.41) is 0. The zero-order valence-corrected chi connectivity index (χ0v) is 45.9. The van der Waals surface area contributed by atoms with Crippen LogP contribution in [0.25, 0.3) is 0 Å². The minimum Gasteiger partial charge on any atom is -0.494 e. The fourth-order valence-corrected chi connectivity index (χ4v) is 21.3. The molecule has 0 saturated carbocycles. The van der Waals surface area contributed by atoms with E-state index in [-0.39, 0.29) is 0 Å². The Morgan fingerprint density at radius 2 is 0.896 bits per heavy atom. The number of fused-ring (bicyclic) bond motifs is 15. The van der Waals surface area contributed by atoms with Crippen molar-refractivity contribution < 1.29 is 4.74 Å². The van der Waals surface area contributed by atoms with Gasteiger partial charge in [-0.1, -0.05) is 122 Å². The summed E-state index contributed by atoms with van der Waals surface area (Å²) in [7, 11) is 0. The largest absolute Gasteiger partial charge is 0.494 e. The van der Waals surface area contributed by atoms with E-state index in [9.17, 15) is 0 Å². The van der Waals surface area contributed by atoms with Crippen LogP contribution < -0.4 is 0 Å². The van der Waals surface area contributed by atoms with E-state index in [0.29, 0.717) is 108 Å². The van der Waals surface area contributed by atoms with Crippen molar-refractivity contribution in [2.75, 3.05) is 0 Å². The summed E-state index contributed by atoms with van der Waals surface area (Å²) in [5.41, 5.74) is 8.22. The van der Waals surface area contributed by atoms with E-state index in [0.717, 1.165) is 42.9 Å². The second-order valence-electron chi connectivity index (χ2n) is 27.7. The predicted octanol–water partition coefficient (Wildman–Crippen LogP) is 14.9. The van der Waals surface area contributed by atoms with E-state index in [1.54, 1.807) is 22.8 Å². The third-order valence-corrected chi connectivity index (χ3v) is 24.4. The van der Waals surface area contributed by atoms with Crippen LogP contribution in [0.2, 0.25) is 0 Å². The molecule has 17 aliphatic rings. The Morgan fingerprint density at radius 1 is 0.364 bits per heavy atom. The molecule has 0 amide bonds. The summed E-state index contributed by atoms with van der Waals surface area (Å²) < 4.78 is 7.03. The molecule has 5 nitrogen and oxygen atoms in total. The highest BCUT2D eigenvalue weighted by Crippen LogP contribution is 2.59. The average Bonchev–Trinajstić information content (AvgIpc) is 4.36. The van der Waals surface area contributed by atoms with E-state index < -0.39 is 0 Å². The Balaban J connectivity index is 0.680. The first-order chi connectivity index (χ1) is 38.2. The average molecular weight is 1020 g/mol. The van der Waals surface area contributed by atoms with Gasteiger partial charge in [0.15, 0.2) is 0 Å². The van der Waals surface area contributed by atoms with Crippen molar-refractivity contribution in [1.29, 1.82) is 0 Å². The van der Waals surface area contributed by atoms with Gasteiger partial charge in [0.25, 0.3) is 0 Å². The molecular weight excluding hydrogens is 937 g/mol. The summed E-state index contributed by atoms with van der Waals surface area (Å²) in [6, 6.07) is 4.32. The van der Waals surface area contributed by atoms with Gasteiger partial charge in [-0.2, -0.15) is 0 Å². The van der Waals surface area contributed by atoms with Gasteiger partial charge in [0.1, 0.15) is 11.9 Å². The summed E-state index contributed by atoms with van der Waals surface area (Å²) in [6.07, 6.45) is 87.6. The Labute approximate surface area is 461 Å². The van der Waals surface area contributed by atoms with Crippen molar-refractivity contribution in [3.8, 4) is 0 Å². The monoisotopic (exact) mass is 1020 g/mol. The summed E-state index contributed by atoms with van der Waals surface area (Å²) in [4.78, 5) is 11.8. The normalized spacial score (nSPS) is 47.0. The molecule has 5 heteroatoms. The van der Waals surface area contributed by atoms with E-state index >= 15 is 0 Å². The van der Waals surface area contributed by atoms with Crippen LogP contribution in [-0.2, 0) is 4.74 Å². The number of likely N-dealkylation sites (tertiary alicyclic amines) is 4. The van der Waals surface area contributed by atoms with Crippen molar-refractivity contribution in [1.82, 2.24) is 19.6 Å². The molecule has 0 N–H and O–H groups in total. The zero-order valence-electron chi connectivity index (χ0n) is 45.9. The van der Waals surface area contributed by atoms with Crippen molar-refractivity contribution in [3.63, 3.8) is 0 Å². The molecule has 22 unspecified atom stereocenters.